The van der Waals surface area contributed by atoms with Crippen LogP contribution in [0.4, 0.5) is 5.69 Å². The van der Waals surface area contributed by atoms with E-state index in [1.54, 1.807) is 32.4 Å². The van der Waals surface area contributed by atoms with Crippen molar-refractivity contribution in [2.24, 2.45) is 0 Å². The van der Waals surface area contributed by atoms with Gasteiger partial charge >= 0.3 is 0 Å². The van der Waals surface area contributed by atoms with E-state index < -0.39 is 0 Å². The summed E-state index contributed by atoms with van der Waals surface area (Å²) in [6.45, 7) is 2.56. The Morgan fingerprint density at radius 2 is 1.61 bits per heavy atom. The first kappa shape index (κ1) is 20.8. The molecule has 0 unspecified atom stereocenters. The Bertz CT molecular complexity index is 1020. The summed E-state index contributed by atoms with van der Waals surface area (Å²) in [7, 11) is 3.14. The Balaban J connectivity index is 1.32. The van der Waals surface area contributed by atoms with Gasteiger partial charge in [0.1, 0.15) is 11.5 Å². The summed E-state index contributed by atoms with van der Waals surface area (Å²) in [5.41, 5.74) is 5.84. The predicted molar refractivity (Wildman–Crippen MR) is 123 cm³/mol. The largest absolute Gasteiger partial charge is 0.497 e. The molecule has 0 saturated carbocycles. The highest BCUT2D eigenvalue weighted by atomic mass is 16.5. The van der Waals surface area contributed by atoms with Crippen LogP contribution in [0.5, 0.6) is 11.5 Å². The molecule has 0 fully saturated rings. The van der Waals surface area contributed by atoms with Gasteiger partial charge in [0.2, 0.25) is 0 Å². The van der Waals surface area contributed by atoms with Crippen LogP contribution in [-0.2, 0) is 19.4 Å². The Hall–Kier alpha value is -3.47. The van der Waals surface area contributed by atoms with Gasteiger partial charge in [-0.3, -0.25) is 4.79 Å². The molecule has 0 radical (unpaired) electrons. The number of ether oxygens (including phenoxy) is 2. The topological polar surface area (TPSA) is 50.8 Å². The van der Waals surface area contributed by atoms with Crippen molar-refractivity contribution in [2.75, 3.05) is 32.2 Å². The summed E-state index contributed by atoms with van der Waals surface area (Å²) in [6, 6.07) is 22.5. The zero-order valence-electron chi connectivity index (χ0n) is 18.1. The number of methoxy groups -OCH3 is 2. The monoisotopic (exact) mass is 416 g/mol. The van der Waals surface area contributed by atoms with Crippen molar-refractivity contribution in [1.29, 1.82) is 0 Å². The second-order valence-corrected chi connectivity index (χ2v) is 7.71. The second-order valence-electron chi connectivity index (χ2n) is 7.71. The van der Waals surface area contributed by atoms with E-state index in [1.165, 1.54) is 22.4 Å². The minimum absolute atomic E-state index is 0.138. The Morgan fingerprint density at radius 3 is 2.29 bits per heavy atom. The SMILES string of the molecule is COc1cc(OC)cc(C(=O)NCCc2ccc(N3CCc4ccccc4C3)cc2)c1. The maximum Gasteiger partial charge on any atom is 0.251 e. The molecule has 5 heteroatoms. The van der Waals surface area contributed by atoms with Crippen LogP contribution in [0.25, 0.3) is 0 Å². The van der Waals surface area contributed by atoms with Gasteiger partial charge in [0.05, 0.1) is 14.2 Å². The molecule has 0 atom stereocenters. The van der Waals surface area contributed by atoms with Crippen LogP contribution < -0.4 is 19.7 Å². The van der Waals surface area contributed by atoms with Gasteiger partial charge in [0, 0.05) is 37.0 Å². The van der Waals surface area contributed by atoms with Gasteiger partial charge in [-0.2, -0.15) is 0 Å². The number of nitrogens with one attached hydrogen (secondary N) is 1. The van der Waals surface area contributed by atoms with Crippen molar-refractivity contribution in [3.63, 3.8) is 0 Å². The lowest BCUT2D eigenvalue weighted by molar-refractivity contribution is 0.0953. The zero-order valence-corrected chi connectivity index (χ0v) is 18.1. The minimum Gasteiger partial charge on any atom is -0.497 e. The molecule has 3 aromatic rings. The quantitative estimate of drug-likeness (QED) is 0.626. The molecule has 31 heavy (non-hydrogen) atoms. The van der Waals surface area contributed by atoms with E-state index in [1.807, 2.05) is 0 Å². The number of anilines is 1. The van der Waals surface area contributed by atoms with E-state index in [0.717, 1.165) is 25.9 Å². The molecule has 0 aliphatic carbocycles. The van der Waals surface area contributed by atoms with Crippen molar-refractivity contribution in [2.45, 2.75) is 19.4 Å². The summed E-state index contributed by atoms with van der Waals surface area (Å²) in [5.74, 6) is 1.06. The fourth-order valence-corrected chi connectivity index (χ4v) is 3.95. The lowest BCUT2D eigenvalue weighted by Gasteiger charge is -2.30. The molecular weight excluding hydrogens is 388 g/mol. The average molecular weight is 417 g/mol. The molecular formula is C26H28N2O3. The van der Waals surface area contributed by atoms with Gasteiger partial charge in [0.15, 0.2) is 0 Å². The molecule has 3 aromatic carbocycles. The molecule has 0 spiro atoms. The van der Waals surface area contributed by atoms with Gasteiger partial charge in [0.25, 0.3) is 5.91 Å². The number of carbonyl (C=O) groups is 1. The van der Waals surface area contributed by atoms with Crippen LogP contribution >= 0.6 is 0 Å². The Labute approximate surface area is 183 Å². The molecule has 1 amide bonds. The lowest BCUT2D eigenvalue weighted by Crippen LogP contribution is -2.30. The highest BCUT2D eigenvalue weighted by Gasteiger charge is 2.16. The van der Waals surface area contributed by atoms with Gasteiger partial charge in [-0.25, -0.2) is 0 Å². The third kappa shape index (κ3) is 5.00. The summed E-state index contributed by atoms with van der Waals surface area (Å²) in [6.07, 6.45) is 1.86. The van der Waals surface area contributed by atoms with Crippen molar-refractivity contribution in [3.8, 4) is 11.5 Å². The number of nitrogens with zero attached hydrogens (tertiary/aromatic N) is 1. The van der Waals surface area contributed by atoms with Gasteiger partial charge in [-0.05, 0) is 53.8 Å². The molecule has 0 bridgehead atoms. The van der Waals surface area contributed by atoms with Gasteiger partial charge in [-0.15, -0.1) is 0 Å². The molecule has 160 valence electrons. The van der Waals surface area contributed by atoms with E-state index in [-0.39, 0.29) is 5.91 Å². The maximum absolute atomic E-state index is 12.5. The maximum atomic E-state index is 12.5. The highest BCUT2D eigenvalue weighted by molar-refractivity contribution is 5.95. The van der Waals surface area contributed by atoms with Gasteiger partial charge < -0.3 is 19.7 Å². The first-order valence-electron chi connectivity index (χ1n) is 10.6. The lowest BCUT2D eigenvalue weighted by atomic mass is 9.99. The van der Waals surface area contributed by atoms with Crippen LogP contribution in [0.2, 0.25) is 0 Å². The van der Waals surface area contributed by atoms with Crippen molar-refractivity contribution in [3.05, 3.63) is 89.0 Å². The second kappa shape index (κ2) is 9.56. The van der Waals surface area contributed by atoms with Gasteiger partial charge in [-0.1, -0.05) is 36.4 Å². The number of benzene rings is 3. The van der Waals surface area contributed by atoms with Crippen LogP contribution in [0, 0.1) is 0 Å². The smallest absolute Gasteiger partial charge is 0.251 e. The normalized spacial score (nSPS) is 12.8. The number of rotatable bonds is 7. The van der Waals surface area contributed by atoms with Crippen LogP contribution in [-0.4, -0.2) is 33.2 Å². The van der Waals surface area contributed by atoms with E-state index >= 15 is 0 Å². The predicted octanol–water partition coefficient (Wildman–Crippen LogP) is 4.24. The summed E-state index contributed by atoms with van der Waals surface area (Å²) in [4.78, 5) is 14.9. The molecule has 1 aliphatic heterocycles. The molecule has 0 saturated heterocycles. The van der Waals surface area contributed by atoms with E-state index in [4.69, 9.17) is 9.47 Å². The molecule has 5 nitrogen and oxygen atoms in total. The summed E-state index contributed by atoms with van der Waals surface area (Å²) in [5, 5.41) is 2.98. The third-order valence-electron chi connectivity index (χ3n) is 5.75. The van der Waals surface area contributed by atoms with Crippen molar-refractivity contribution < 1.29 is 14.3 Å². The highest BCUT2D eigenvalue weighted by Crippen LogP contribution is 2.25. The third-order valence-corrected chi connectivity index (χ3v) is 5.75. The standard InChI is InChI=1S/C26H28N2O3/c1-30-24-15-22(16-25(17-24)31-2)26(29)27-13-11-19-7-9-23(10-8-19)28-14-12-20-5-3-4-6-21(20)18-28/h3-10,15-17H,11-14,18H2,1-2H3,(H,27,29). The molecule has 1 heterocycles. The number of amides is 1. The molecule has 1 aliphatic rings. The summed E-state index contributed by atoms with van der Waals surface area (Å²) >= 11 is 0. The van der Waals surface area contributed by atoms with E-state index in [9.17, 15) is 4.79 Å². The zero-order chi connectivity index (χ0) is 21.6. The van der Waals surface area contributed by atoms with Crippen LogP contribution in [0.3, 0.4) is 0 Å². The first-order valence-corrected chi connectivity index (χ1v) is 10.6. The fourth-order valence-electron chi connectivity index (χ4n) is 3.95. The van der Waals surface area contributed by atoms with E-state index in [2.05, 4.69) is 58.7 Å². The number of hydrogen-bond donors (Lipinski definition) is 1. The molecule has 0 aromatic heterocycles. The summed E-state index contributed by atoms with van der Waals surface area (Å²) < 4.78 is 10.5. The fraction of sp³-hybridized carbons (Fsp3) is 0.269. The Kier molecular flexibility index (Phi) is 6.41. The van der Waals surface area contributed by atoms with E-state index in [0.29, 0.717) is 23.6 Å². The molecule has 1 N–H and O–H groups in total. The van der Waals surface area contributed by atoms with Crippen LogP contribution in [0.1, 0.15) is 27.0 Å². The molecule has 4 rings (SSSR count). The number of fused-ring (bicyclic) bond motifs is 1. The number of hydrogen-bond acceptors (Lipinski definition) is 4. The minimum atomic E-state index is -0.138. The number of carbonyl (C=O) groups excluding carboxylic acids is 1. The average Bonchev–Trinajstić information content (AvgIpc) is 2.83. The first-order chi connectivity index (χ1) is 15.2. The Morgan fingerprint density at radius 1 is 0.935 bits per heavy atom. The van der Waals surface area contributed by atoms with Crippen molar-refractivity contribution >= 4 is 11.6 Å². The van der Waals surface area contributed by atoms with Crippen molar-refractivity contribution in [1.82, 2.24) is 5.32 Å². The van der Waals surface area contributed by atoms with Crippen LogP contribution in [0.15, 0.2) is 66.7 Å².